The van der Waals surface area contributed by atoms with Gasteiger partial charge < -0.3 is 28.8 Å². The highest BCUT2D eigenvalue weighted by Crippen LogP contribution is 2.26. The Balaban J connectivity index is 1.57. The van der Waals surface area contributed by atoms with Crippen molar-refractivity contribution in [2.24, 2.45) is 0 Å². The number of hydrogen-bond acceptors (Lipinski definition) is 6. The van der Waals surface area contributed by atoms with Crippen molar-refractivity contribution in [1.29, 1.82) is 0 Å². The van der Waals surface area contributed by atoms with Gasteiger partial charge in [-0.25, -0.2) is 0 Å². The summed E-state index contributed by atoms with van der Waals surface area (Å²) in [5.74, 6) is 0. The standard InChI is InChI=1S/C22H28O6/c1-24-21(17-11-7-4-8-12-17)27-15-18-13-19(20(23)22(25-2)28-18)26-14-16-9-5-3-6-10-16/h3-12,18-23H,13-15H2,1-2H3. The van der Waals surface area contributed by atoms with E-state index >= 15 is 0 Å². The molecule has 6 heteroatoms. The molecule has 152 valence electrons. The summed E-state index contributed by atoms with van der Waals surface area (Å²) in [5.41, 5.74) is 1.98. The van der Waals surface area contributed by atoms with E-state index in [2.05, 4.69) is 0 Å². The third-order valence-electron chi connectivity index (χ3n) is 4.74. The number of rotatable bonds is 9. The quantitative estimate of drug-likeness (QED) is 0.666. The molecular formula is C22H28O6. The van der Waals surface area contributed by atoms with Crippen molar-refractivity contribution in [3.05, 3.63) is 71.8 Å². The molecule has 1 saturated heterocycles. The van der Waals surface area contributed by atoms with E-state index < -0.39 is 24.8 Å². The summed E-state index contributed by atoms with van der Waals surface area (Å²) >= 11 is 0. The van der Waals surface area contributed by atoms with Gasteiger partial charge in [0.2, 0.25) is 0 Å². The van der Waals surface area contributed by atoms with Gasteiger partial charge >= 0.3 is 0 Å². The van der Waals surface area contributed by atoms with Gasteiger partial charge in [-0.15, -0.1) is 0 Å². The molecule has 0 aromatic heterocycles. The van der Waals surface area contributed by atoms with Crippen LogP contribution in [0.1, 0.15) is 23.8 Å². The van der Waals surface area contributed by atoms with Crippen LogP contribution in [-0.4, -0.2) is 50.5 Å². The van der Waals surface area contributed by atoms with E-state index in [1.54, 1.807) is 7.11 Å². The van der Waals surface area contributed by atoms with Crippen LogP contribution in [0, 0.1) is 0 Å². The fourth-order valence-corrected chi connectivity index (χ4v) is 3.25. The lowest BCUT2D eigenvalue weighted by atomic mass is 10.0. The second-order valence-electron chi connectivity index (χ2n) is 6.74. The summed E-state index contributed by atoms with van der Waals surface area (Å²) in [4.78, 5) is 0. The molecule has 5 unspecified atom stereocenters. The van der Waals surface area contributed by atoms with E-state index in [9.17, 15) is 5.11 Å². The molecule has 28 heavy (non-hydrogen) atoms. The molecule has 1 aliphatic heterocycles. The maximum Gasteiger partial charge on any atom is 0.186 e. The van der Waals surface area contributed by atoms with Crippen molar-refractivity contribution in [2.45, 2.75) is 43.9 Å². The average molecular weight is 388 g/mol. The maximum atomic E-state index is 10.5. The van der Waals surface area contributed by atoms with Crippen LogP contribution < -0.4 is 0 Å². The molecule has 0 amide bonds. The van der Waals surface area contributed by atoms with Crippen LogP contribution in [0.4, 0.5) is 0 Å². The van der Waals surface area contributed by atoms with Gasteiger partial charge in [-0.2, -0.15) is 0 Å². The van der Waals surface area contributed by atoms with Gasteiger partial charge in [-0.3, -0.25) is 0 Å². The summed E-state index contributed by atoms with van der Waals surface area (Å²) in [5, 5.41) is 10.5. The van der Waals surface area contributed by atoms with Gasteiger partial charge in [0, 0.05) is 26.2 Å². The Labute approximate surface area is 165 Å². The number of ether oxygens (including phenoxy) is 5. The van der Waals surface area contributed by atoms with Crippen LogP contribution in [-0.2, 0) is 30.3 Å². The first-order valence-corrected chi connectivity index (χ1v) is 9.42. The second kappa shape index (κ2) is 10.7. The zero-order valence-electron chi connectivity index (χ0n) is 16.3. The van der Waals surface area contributed by atoms with Crippen LogP contribution in [0.25, 0.3) is 0 Å². The molecule has 5 atom stereocenters. The Kier molecular flexibility index (Phi) is 7.97. The molecule has 0 spiro atoms. The summed E-state index contributed by atoms with van der Waals surface area (Å²) < 4.78 is 28.4. The molecule has 2 aromatic carbocycles. The Morgan fingerprint density at radius 3 is 2.36 bits per heavy atom. The Hall–Kier alpha value is -1.80. The van der Waals surface area contributed by atoms with Crippen molar-refractivity contribution < 1.29 is 28.8 Å². The summed E-state index contributed by atoms with van der Waals surface area (Å²) in [7, 11) is 3.11. The number of aliphatic hydroxyl groups excluding tert-OH is 1. The van der Waals surface area contributed by atoms with Gasteiger partial charge in [-0.05, 0) is 5.56 Å². The highest BCUT2D eigenvalue weighted by Gasteiger charge is 2.39. The van der Waals surface area contributed by atoms with Crippen LogP contribution in [0.15, 0.2) is 60.7 Å². The lowest BCUT2D eigenvalue weighted by Gasteiger charge is -2.38. The normalized spacial score (nSPS) is 26.1. The Bertz CT molecular complexity index is 680. The fraction of sp³-hybridized carbons (Fsp3) is 0.455. The number of benzene rings is 2. The molecule has 1 aliphatic rings. The minimum atomic E-state index is -0.864. The van der Waals surface area contributed by atoms with Crippen LogP contribution in [0.5, 0.6) is 0 Å². The minimum Gasteiger partial charge on any atom is -0.385 e. The zero-order valence-corrected chi connectivity index (χ0v) is 16.3. The predicted molar refractivity (Wildman–Crippen MR) is 103 cm³/mol. The van der Waals surface area contributed by atoms with Gasteiger partial charge in [-0.1, -0.05) is 60.7 Å². The van der Waals surface area contributed by atoms with Gasteiger partial charge in [0.25, 0.3) is 0 Å². The first-order chi connectivity index (χ1) is 13.7. The smallest absolute Gasteiger partial charge is 0.186 e. The van der Waals surface area contributed by atoms with Crippen LogP contribution >= 0.6 is 0 Å². The van der Waals surface area contributed by atoms with Crippen molar-refractivity contribution >= 4 is 0 Å². The zero-order chi connectivity index (χ0) is 19.8. The molecule has 1 fully saturated rings. The molecule has 0 bridgehead atoms. The van der Waals surface area contributed by atoms with E-state index in [4.69, 9.17) is 23.7 Å². The number of hydrogen-bond donors (Lipinski definition) is 1. The van der Waals surface area contributed by atoms with E-state index in [-0.39, 0.29) is 6.10 Å². The van der Waals surface area contributed by atoms with Crippen molar-refractivity contribution in [3.63, 3.8) is 0 Å². The average Bonchev–Trinajstić information content (AvgIpc) is 2.75. The van der Waals surface area contributed by atoms with E-state index in [1.807, 2.05) is 60.7 Å². The fourth-order valence-electron chi connectivity index (χ4n) is 3.25. The van der Waals surface area contributed by atoms with Gasteiger partial charge in [0.15, 0.2) is 12.6 Å². The molecule has 0 radical (unpaired) electrons. The molecule has 0 aliphatic carbocycles. The minimum absolute atomic E-state index is 0.282. The molecule has 1 heterocycles. The summed E-state index contributed by atoms with van der Waals surface area (Å²) in [6.07, 6.45) is -2.31. The summed E-state index contributed by atoms with van der Waals surface area (Å²) in [6, 6.07) is 19.6. The largest absolute Gasteiger partial charge is 0.385 e. The first-order valence-electron chi connectivity index (χ1n) is 9.42. The lowest BCUT2D eigenvalue weighted by molar-refractivity contribution is -0.280. The van der Waals surface area contributed by atoms with Crippen LogP contribution in [0.3, 0.4) is 0 Å². The second-order valence-corrected chi connectivity index (χ2v) is 6.74. The molecule has 3 rings (SSSR count). The van der Waals surface area contributed by atoms with Crippen LogP contribution in [0.2, 0.25) is 0 Å². The molecule has 2 aromatic rings. The first kappa shape index (κ1) is 20.9. The van der Waals surface area contributed by atoms with E-state index in [0.29, 0.717) is 19.6 Å². The maximum absolute atomic E-state index is 10.5. The third kappa shape index (κ3) is 5.61. The summed E-state index contributed by atoms with van der Waals surface area (Å²) in [6.45, 7) is 0.711. The molecular weight excluding hydrogens is 360 g/mol. The molecule has 6 nitrogen and oxygen atoms in total. The van der Waals surface area contributed by atoms with Crippen molar-refractivity contribution in [2.75, 3.05) is 20.8 Å². The highest BCUT2D eigenvalue weighted by atomic mass is 16.7. The van der Waals surface area contributed by atoms with E-state index in [1.165, 1.54) is 7.11 Å². The lowest BCUT2D eigenvalue weighted by Crippen LogP contribution is -2.51. The Morgan fingerprint density at radius 1 is 1.04 bits per heavy atom. The third-order valence-corrected chi connectivity index (χ3v) is 4.74. The topological polar surface area (TPSA) is 66.4 Å². The Morgan fingerprint density at radius 2 is 1.71 bits per heavy atom. The van der Waals surface area contributed by atoms with Gasteiger partial charge in [0.1, 0.15) is 6.10 Å². The van der Waals surface area contributed by atoms with Crippen molar-refractivity contribution in [1.82, 2.24) is 0 Å². The number of aliphatic hydroxyl groups is 1. The SMILES string of the molecule is COC(OCC1CC(OCc2ccccc2)C(O)C(OC)O1)c1ccccc1. The van der Waals surface area contributed by atoms with E-state index in [0.717, 1.165) is 11.1 Å². The van der Waals surface area contributed by atoms with Gasteiger partial charge in [0.05, 0.1) is 25.4 Å². The highest BCUT2D eigenvalue weighted by molar-refractivity contribution is 5.16. The number of methoxy groups -OCH3 is 2. The molecule has 1 N–H and O–H groups in total. The monoisotopic (exact) mass is 388 g/mol. The molecule has 0 saturated carbocycles. The van der Waals surface area contributed by atoms with Crippen molar-refractivity contribution in [3.8, 4) is 0 Å². The predicted octanol–water partition coefficient (Wildman–Crippen LogP) is 3.06.